The minimum atomic E-state index is -2.85. The van der Waals surface area contributed by atoms with Crippen LogP contribution in [0.15, 0.2) is 0 Å². The Morgan fingerprint density at radius 2 is 1.60 bits per heavy atom. The molecule has 1 aliphatic carbocycles. The highest BCUT2D eigenvalue weighted by Crippen LogP contribution is 2.33. The first kappa shape index (κ1) is 14.2. The third kappa shape index (κ3) is 2.67. The summed E-state index contributed by atoms with van der Waals surface area (Å²) in [5.74, 6) is 0.885. The second-order valence-electron chi connectivity index (χ2n) is 6.69. The predicted octanol–water partition coefficient (Wildman–Crippen LogP) is 1.35. The fourth-order valence-corrected chi connectivity index (χ4v) is 6.24. The topological polar surface area (TPSA) is 57.7 Å². The molecule has 114 valence electrons. The quantitative estimate of drug-likeness (QED) is 0.734. The summed E-state index contributed by atoms with van der Waals surface area (Å²) in [6.07, 6.45) is 5.93. The lowest BCUT2D eigenvalue weighted by Gasteiger charge is -2.34. The van der Waals surface area contributed by atoms with E-state index < -0.39 is 9.84 Å². The Balaban J connectivity index is 1.59. The normalized spacial score (nSPS) is 33.1. The van der Waals surface area contributed by atoms with Crippen LogP contribution in [0.1, 0.15) is 32.1 Å². The highest BCUT2D eigenvalue weighted by molar-refractivity contribution is 7.91. The van der Waals surface area contributed by atoms with Gasteiger partial charge in [-0.2, -0.15) is 0 Å². The molecule has 2 aliphatic heterocycles. The lowest BCUT2D eigenvalue weighted by atomic mass is 9.95. The van der Waals surface area contributed by atoms with Gasteiger partial charge in [0.25, 0.3) is 0 Å². The first-order valence-corrected chi connectivity index (χ1v) is 9.50. The molecule has 0 aromatic rings. The number of carbonyl (C=O) groups is 1. The van der Waals surface area contributed by atoms with Gasteiger partial charge in [-0.05, 0) is 24.7 Å². The number of carbonyl (C=O) groups excluding carboxylic acids is 1. The molecule has 0 N–H and O–H groups in total. The van der Waals surface area contributed by atoms with E-state index in [0.717, 1.165) is 12.8 Å². The lowest BCUT2D eigenvalue weighted by molar-refractivity contribution is 0.141. The molecule has 0 radical (unpaired) electrons. The van der Waals surface area contributed by atoms with Gasteiger partial charge < -0.3 is 9.80 Å². The van der Waals surface area contributed by atoms with Gasteiger partial charge in [-0.3, -0.25) is 0 Å². The van der Waals surface area contributed by atoms with E-state index in [-0.39, 0.29) is 29.4 Å². The van der Waals surface area contributed by atoms with Crippen molar-refractivity contribution in [1.29, 1.82) is 0 Å². The van der Waals surface area contributed by atoms with Crippen molar-refractivity contribution in [3.05, 3.63) is 0 Å². The van der Waals surface area contributed by atoms with Crippen LogP contribution in [0, 0.1) is 11.8 Å². The first-order chi connectivity index (χ1) is 9.46. The van der Waals surface area contributed by atoms with E-state index in [1.807, 2.05) is 16.8 Å². The number of hydrogen-bond acceptors (Lipinski definition) is 3. The van der Waals surface area contributed by atoms with E-state index in [1.54, 1.807) is 0 Å². The Kier molecular flexibility index (Phi) is 3.69. The van der Waals surface area contributed by atoms with Crippen LogP contribution in [0.2, 0.25) is 0 Å². The molecule has 0 spiro atoms. The summed E-state index contributed by atoms with van der Waals surface area (Å²) in [6, 6.07) is 0.476. The maximum atomic E-state index is 12.5. The fraction of sp³-hybridized carbons (Fsp3) is 0.929. The molecule has 0 unspecified atom stereocenters. The van der Waals surface area contributed by atoms with Crippen molar-refractivity contribution in [2.45, 2.75) is 38.1 Å². The van der Waals surface area contributed by atoms with Crippen LogP contribution in [0.3, 0.4) is 0 Å². The molecular formula is C14H24N2O3S. The highest BCUT2D eigenvalue weighted by Gasteiger charge is 2.45. The standard InChI is InChI=1S/C14H24N2O3S/c1-15(13-5-3-2-4-6-13)14(17)16-7-11-9-20(18,19)10-12(11)8-16/h11-13H,2-10H2,1H3/t11-,12+. The molecule has 0 bridgehead atoms. The Morgan fingerprint density at radius 3 is 2.15 bits per heavy atom. The Bertz CT molecular complexity index is 465. The number of hydrogen-bond donors (Lipinski definition) is 0. The molecular weight excluding hydrogens is 276 g/mol. The number of fused-ring (bicyclic) bond motifs is 1. The molecule has 5 nitrogen and oxygen atoms in total. The minimum absolute atomic E-state index is 0.101. The van der Waals surface area contributed by atoms with Crippen molar-refractivity contribution in [1.82, 2.24) is 9.80 Å². The van der Waals surface area contributed by atoms with E-state index in [4.69, 9.17) is 0 Å². The van der Waals surface area contributed by atoms with Crippen LogP contribution < -0.4 is 0 Å². The van der Waals surface area contributed by atoms with Gasteiger partial charge in [0.05, 0.1) is 11.5 Å². The van der Waals surface area contributed by atoms with E-state index in [0.29, 0.717) is 19.1 Å². The average molecular weight is 300 g/mol. The van der Waals surface area contributed by atoms with Gasteiger partial charge in [-0.25, -0.2) is 13.2 Å². The smallest absolute Gasteiger partial charge is 0.320 e. The molecule has 3 fully saturated rings. The molecule has 2 heterocycles. The van der Waals surface area contributed by atoms with E-state index >= 15 is 0 Å². The summed E-state index contributed by atoms with van der Waals surface area (Å²) in [6.45, 7) is 1.25. The van der Waals surface area contributed by atoms with E-state index in [9.17, 15) is 13.2 Å². The Labute approximate surface area is 121 Å². The van der Waals surface area contributed by atoms with Crippen molar-refractivity contribution in [2.75, 3.05) is 31.6 Å². The third-order valence-electron chi connectivity index (χ3n) is 5.21. The van der Waals surface area contributed by atoms with Gasteiger partial charge in [-0.1, -0.05) is 19.3 Å². The zero-order valence-electron chi connectivity index (χ0n) is 12.1. The van der Waals surface area contributed by atoms with Gasteiger partial charge in [-0.15, -0.1) is 0 Å². The summed E-state index contributed by atoms with van der Waals surface area (Å²) >= 11 is 0. The zero-order chi connectivity index (χ0) is 14.3. The van der Waals surface area contributed by atoms with Gasteiger partial charge in [0, 0.05) is 26.2 Å². The number of amides is 2. The molecule has 0 aromatic heterocycles. The highest BCUT2D eigenvalue weighted by atomic mass is 32.2. The van der Waals surface area contributed by atoms with Crippen LogP contribution in [0.25, 0.3) is 0 Å². The summed E-state index contributed by atoms with van der Waals surface area (Å²) < 4.78 is 23.2. The number of nitrogens with zero attached hydrogens (tertiary/aromatic N) is 2. The van der Waals surface area contributed by atoms with Gasteiger partial charge in [0.1, 0.15) is 0 Å². The summed E-state index contributed by atoms with van der Waals surface area (Å²) in [7, 11) is -0.941. The monoisotopic (exact) mass is 300 g/mol. The molecule has 1 saturated carbocycles. The van der Waals surface area contributed by atoms with Crippen molar-refractivity contribution in [3.8, 4) is 0 Å². The van der Waals surface area contributed by atoms with Crippen molar-refractivity contribution in [3.63, 3.8) is 0 Å². The van der Waals surface area contributed by atoms with E-state index in [2.05, 4.69) is 0 Å². The largest absolute Gasteiger partial charge is 0.325 e. The zero-order valence-corrected chi connectivity index (χ0v) is 12.9. The second-order valence-corrected chi connectivity index (χ2v) is 8.84. The van der Waals surface area contributed by atoms with Gasteiger partial charge in [0.15, 0.2) is 9.84 Å². The van der Waals surface area contributed by atoms with Crippen LogP contribution >= 0.6 is 0 Å². The maximum Gasteiger partial charge on any atom is 0.320 e. The van der Waals surface area contributed by atoms with Crippen LogP contribution in [0.4, 0.5) is 4.79 Å². The SMILES string of the molecule is CN(C(=O)N1C[C@@H]2CS(=O)(=O)C[C@@H]2C1)C1CCCCC1. The third-order valence-corrected chi connectivity index (χ3v) is 7.08. The van der Waals surface area contributed by atoms with Crippen molar-refractivity contribution >= 4 is 15.9 Å². The molecule has 0 aromatic carbocycles. The molecule has 6 heteroatoms. The number of urea groups is 1. The molecule has 3 aliphatic rings. The average Bonchev–Trinajstić information content (AvgIpc) is 2.91. The summed E-state index contributed by atoms with van der Waals surface area (Å²) in [4.78, 5) is 16.3. The van der Waals surface area contributed by atoms with Gasteiger partial charge >= 0.3 is 6.03 Å². The molecule has 2 atom stereocenters. The van der Waals surface area contributed by atoms with Crippen LogP contribution in [-0.4, -0.2) is 61.9 Å². The first-order valence-electron chi connectivity index (χ1n) is 7.68. The predicted molar refractivity (Wildman–Crippen MR) is 77.2 cm³/mol. The van der Waals surface area contributed by atoms with Crippen molar-refractivity contribution in [2.24, 2.45) is 11.8 Å². The number of sulfone groups is 1. The minimum Gasteiger partial charge on any atom is -0.325 e. The lowest BCUT2D eigenvalue weighted by Crippen LogP contribution is -2.46. The Morgan fingerprint density at radius 1 is 1.05 bits per heavy atom. The summed E-state index contributed by atoms with van der Waals surface area (Å²) in [5.41, 5.74) is 0. The number of rotatable bonds is 1. The molecule has 2 saturated heterocycles. The fourth-order valence-electron chi connectivity index (χ4n) is 4.04. The van der Waals surface area contributed by atoms with E-state index in [1.165, 1.54) is 19.3 Å². The van der Waals surface area contributed by atoms with Crippen LogP contribution in [-0.2, 0) is 9.84 Å². The van der Waals surface area contributed by atoms with Gasteiger partial charge in [0.2, 0.25) is 0 Å². The maximum absolute atomic E-state index is 12.5. The Hall–Kier alpha value is -0.780. The molecule has 3 rings (SSSR count). The number of likely N-dealkylation sites (tertiary alicyclic amines) is 1. The molecule has 20 heavy (non-hydrogen) atoms. The molecule has 2 amide bonds. The summed E-state index contributed by atoms with van der Waals surface area (Å²) in [5, 5.41) is 0. The van der Waals surface area contributed by atoms with Crippen molar-refractivity contribution < 1.29 is 13.2 Å². The van der Waals surface area contributed by atoms with Crippen LogP contribution in [0.5, 0.6) is 0 Å². The second kappa shape index (κ2) is 5.20.